The minimum atomic E-state index is 0.0172. The third kappa shape index (κ3) is 5.75. The van der Waals surface area contributed by atoms with Gasteiger partial charge in [-0.1, -0.05) is 69.8 Å². The molecule has 154 valence electrons. The molecule has 0 aliphatic heterocycles. The monoisotopic (exact) mass is 421 g/mol. The van der Waals surface area contributed by atoms with Gasteiger partial charge < -0.3 is 5.32 Å². The molecule has 28 heavy (non-hydrogen) atoms. The van der Waals surface area contributed by atoms with Gasteiger partial charge in [0.2, 0.25) is 0 Å². The highest BCUT2D eigenvalue weighted by molar-refractivity contribution is 6.35. The van der Waals surface area contributed by atoms with Crippen LogP contribution in [0.4, 0.5) is 0 Å². The highest BCUT2D eigenvalue weighted by Gasteiger charge is 2.21. The van der Waals surface area contributed by atoms with Crippen LogP contribution in [0.15, 0.2) is 24.3 Å². The number of nitrogens with zero attached hydrogens (tertiary/aromatic N) is 2. The molecule has 0 unspecified atom stereocenters. The lowest BCUT2D eigenvalue weighted by Crippen LogP contribution is -2.26. The summed E-state index contributed by atoms with van der Waals surface area (Å²) in [7, 11) is 0. The molecule has 1 aliphatic carbocycles. The summed E-state index contributed by atoms with van der Waals surface area (Å²) in [6, 6.07) is 7.91. The van der Waals surface area contributed by atoms with Crippen molar-refractivity contribution in [3.8, 4) is 0 Å². The first kappa shape index (κ1) is 21.7. The summed E-state index contributed by atoms with van der Waals surface area (Å²) in [5.74, 6) is 1.71. The van der Waals surface area contributed by atoms with Crippen molar-refractivity contribution in [2.24, 2.45) is 11.8 Å². The van der Waals surface area contributed by atoms with Crippen molar-refractivity contribution >= 4 is 23.2 Å². The zero-order valence-electron chi connectivity index (χ0n) is 17.6. The van der Waals surface area contributed by atoms with E-state index < -0.39 is 0 Å². The van der Waals surface area contributed by atoms with Crippen LogP contribution in [-0.4, -0.2) is 16.3 Å². The van der Waals surface area contributed by atoms with Gasteiger partial charge in [-0.05, 0) is 55.0 Å². The summed E-state index contributed by atoms with van der Waals surface area (Å²) in [5, 5.41) is 9.94. The van der Waals surface area contributed by atoms with E-state index in [0.29, 0.717) is 16.6 Å². The summed E-state index contributed by atoms with van der Waals surface area (Å²) >= 11 is 12.5. The first-order chi connectivity index (χ1) is 13.2. The molecule has 3 rings (SSSR count). The third-order valence-corrected chi connectivity index (χ3v) is 6.43. The lowest BCUT2D eigenvalue weighted by Gasteiger charge is -2.26. The van der Waals surface area contributed by atoms with Crippen LogP contribution in [0, 0.1) is 11.8 Å². The van der Waals surface area contributed by atoms with Crippen LogP contribution in [-0.2, 0) is 18.5 Å². The van der Waals surface area contributed by atoms with Crippen molar-refractivity contribution in [3.63, 3.8) is 0 Å². The molecule has 5 heteroatoms. The summed E-state index contributed by atoms with van der Waals surface area (Å²) in [4.78, 5) is 0. The van der Waals surface area contributed by atoms with Crippen LogP contribution in [0.2, 0.25) is 10.0 Å². The number of rotatable bonds is 6. The molecular formula is C23H33Cl2N3. The van der Waals surface area contributed by atoms with E-state index >= 15 is 0 Å². The Hall–Kier alpha value is -1.03. The zero-order chi connectivity index (χ0) is 20.3. The molecule has 1 aromatic carbocycles. The molecule has 1 N–H and O–H groups in total. The zero-order valence-corrected chi connectivity index (χ0v) is 19.1. The van der Waals surface area contributed by atoms with Gasteiger partial charge in [0.25, 0.3) is 0 Å². The van der Waals surface area contributed by atoms with Crippen molar-refractivity contribution in [2.45, 2.75) is 71.9 Å². The normalized spacial score (nSPS) is 20.5. The van der Waals surface area contributed by atoms with E-state index in [9.17, 15) is 0 Å². The van der Waals surface area contributed by atoms with Gasteiger partial charge in [0.15, 0.2) is 0 Å². The third-order valence-electron chi connectivity index (χ3n) is 5.84. The summed E-state index contributed by atoms with van der Waals surface area (Å²) < 4.78 is 2.09. The average molecular weight is 422 g/mol. The molecule has 3 nitrogen and oxygen atoms in total. The first-order valence-electron chi connectivity index (χ1n) is 10.4. The molecule has 0 amide bonds. The van der Waals surface area contributed by atoms with E-state index in [1.165, 1.54) is 31.4 Å². The Kier molecular flexibility index (Phi) is 7.12. The topological polar surface area (TPSA) is 29.9 Å². The Balaban J connectivity index is 1.70. The van der Waals surface area contributed by atoms with Gasteiger partial charge >= 0.3 is 0 Å². The molecule has 2 aromatic rings. The highest BCUT2D eigenvalue weighted by atomic mass is 35.5. The fraction of sp³-hybridized carbons (Fsp3) is 0.609. The maximum atomic E-state index is 6.40. The molecule has 0 spiro atoms. The number of benzene rings is 1. The summed E-state index contributed by atoms with van der Waals surface area (Å²) in [5.41, 5.74) is 3.38. The maximum Gasteiger partial charge on any atom is 0.0681 e. The Morgan fingerprint density at radius 3 is 2.46 bits per heavy atom. The molecular weight excluding hydrogens is 389 g/mol. The van der Waals surface area contributed by atoms with Crippen LogP contribution >= 0.6 is 23.2 Å². The maximum absolute atomic E-state index is 6.40. The van der Waals surface area contributed by atoms with E-state index in [-0.39, 0.29) is 5.41 Å². The van der Waals surface area contributed by atoms with Crippen LogP contribution in [0.3, 0.4) is 0 Å². The van der Waals surface area contributed by atoms with E-state index in [2.05, 4.69) is 43.8 Å². The molecule has 0 bridgehead atoms. The van der Waals surface area contributed by atoms with Crippen LogP contribution in [0.1, 0.15) is 70.3 Å². The van der Waals surface area contributed by atoms with Crippen molar-refractivity contribution < 1.29 is 0 Å². The summed E-state index contributed by atoms with van der Waals surface area (Å²) in [6.07, 6.45) is 5.43. The molecule has 1 aliphatic rings. The van der Waals surface area contributed by atoms with Crippen molar-refractivity contribution in [1.82, 2.24) is 15.1 Å². The van der Waals surface area contributed by atoms with Gasteiger partial charge in [-0.15, -0.1) is 0 Å². The fourth-order valence-electron chi connectivity index (χ4n) is 3.85. The molecule has 0 atom stereocenters. The van der Waals surface area contributed by atoms with E-state index in [4.69, 9.17) is 28.3 Å². The number of halogens is 2. The number of hydrogen-bond acceptors (Lipinski definition) is 2. The average Bonchev–Trinajstić information content (AvgIpc) is 3.02. The first-order valence-corrected chi connectivity index (χ1v) is 11.2. The quantitative estimate of drug-likeness (QED) is 0.580. The molecule has 1 saturated carbocycles. The Morgan fingerprint density at radius 2 is 1.82 bits per heavy atom. The lowest BCUT2D eigenvalue weighted by atomic mass is 9.83. The smallest absolute Gasteiger partial charge is 0.0681 e. The largest absolute Gasteiger partial charge is 0.311 e. The number of aromatic nitrogens is 2. The van der Waals surface area contributed by atoms with Gasteiger partial charge in [-0.2, -0.15) is 5.10 Å². The van der Waals surface area contributed by atoms with E-state index in [1.54, 1.807) is 6.07 Å². The van der Waals surface area contributed by atoms with Crippen LogP contribution < -0.4 is 5.32 Å². The molecule has 1 aromatic heterocycles. The SMILES string of the molecule is CC1CCC(CNCc2cc(C(C)(C)C)nn2Cc2ccc(Cl)cc2Cl)CC1. The van der Waals surface area contributed by atoms with Gasteiger partial charge in [0.1, 0.15) is 0 Å². The molecule has 0 saturated heterocycles. The Bertz CT molecular complexity index is 784. The summed E-state index contributed by atoms with van der Waals surface area (Å²) in [6.45, 7) is 11.6. The standard InChI is InChI=1S/C23H33Cl2N3/c1-16-5-7-17(8-6-16)13-26-14-20-12-22(23(2,3)4)27-28(20)15-18-9-10-19(24)11-21(18)25/h9-12,16-17,26H,5-8,13-15H2,1-4H3. The second-order valence-electron chi connectivity index (χ2n) is 9.42. The van der Waals surface area contributed by atoms with E-state index in [1.807, 2.05) is 12.1 Å². The second kappa shape index (κ2) is 9.19. The molecule has 1 fully saturated rings. The van der Waals surface area contributed by atoms with Crippen molar-refractivity contribution in [3.05, 3.63) is 51.3 Å². The van der Waals surface area contributed by atoms with Crippen molar-refractivity contribution in [2.75, 3.05) is 6.54 Å². The van der Waals surface area contributed by atoms with Gasteiger partial charge in [-0.3, -0.25) is 4.68 Å². The molecule has 1 heterocycles. The van der Waals surface area contributed by atoms with Crippen molar-refractivity contribution in [1.29, 1.82) is 0 Å². The lowest BCUT2D eigenvalue weighted by molar-refractivity contribution is 0.281. The highest BCUT2D eigenvalue weighted by Crippen LogP contribution is 2.28. The van der Waals surface area contributed by atoms with Crippen LogP contribution in [0.25, 0.3) is 0 Å². The van der Waals surface area contributed by atoms with Gasteiger partial charge in [0, 0.05) is 22.0 Å². The van der Waals surface area contributed by atoms with Gasteiger partial charge in [-0.25, -0.2) is 0 Å². The predicted octanol–water partition coefficient (Wildman–Crippen LogP) is 6.45. The minimum Gasteiger partial charge on any atom is -0.311 e. The van der Waals surface area contributed by atoms with E-state index in [0.717, 1.165) is 36.2 Å². The van der Waals surface area contributed by atoms with Gasteiger partial charge in [0.05, 0.1) is 17.9 Å². The Morgan fingerprint density at radius 1 is 1.11 bits per heavy atom. The minimum absolute atomic E-state index is 0.0172. The number of nitrogens with one attached hydrogen (secondary N) is 1. The number of hydrogen-bond donors (Lipinski definition) is 1. The fourth-order valence-corrected chi connectivity index (χ4v) is 4.32. The second-order valence-corrected chi connectivity index (χ2v) is 10.3. The Labute approximate surface area is 179 Å². The predicted molar refractivity (Wildman–Crippen MR) is 119 cm³/mol. The molecule has 0 radical (unpaired) electrons. The van der Waals surface area contributed by atoms with Crippen LogP contribution in [0.5, 0.6) is 0 Å².